The number of rotatable bonds is 4. The summed E-state index contributed by atoms with van der Waals surface area (Å²) >= 11 is 3.48. The molecule has 7 nitrogen and oxygen atoms in total. The van der Waals surface area contributed by atoms with Crippen LogP contribution in [0.1, 0.15) is 38.1 Å². The summed E-state index contributed by atoms with van der Waals surface area (Å²) in [5.74, 6) is 0.194. The average Bonchev–Trinajstić information content (AvgIpc) is 2.88. The van der Waals surface area contributed by atoms with Gasteiger partial charge in [0.25, 0.3) is 0 Å². The summed E-state index contributed by atoms with van der Waals surface area (Å²) in [5.41, 5.74) is 2.24. The Labute approximate surface area is 175 Å². The summed E-state index contributed by atoms with van der Waals surface area (Å²) in [6.07, 6.45) is 1.66. The van der Waals surface area contributed by atoms with E-state index >= 15 is 0 Å². The molecule has 0 spiro atoms. The van der Waals surface area contributed by atoms with Crippen LogP contribution in [0.15, 0.2) is 22.7 Å². The van der Waals surface area contributed by atoms with Crippen molar-refractivity contribution >= 4 is 43.7 Å². The summed E-state index contributed by atoms with van der Waals surface area (Å²) in [5, 5.41) is 15.8. The van der Waals surface area contributed by atoms with Crippen molar-refractivity contribution in [3.63, 3.8) is 0 Å². The molecule has 3 atom stereocenters. The lowest BCUT2D eigenvalue weighted by molar-refractivity contribution is -0.141. The number of hydrogen-bond acceptors (Lipinski definition) is 5. The molecule has 0 fully saturated rings. The van der Waals surface area contributed by atoms with Gasteiger partial charge in [-0.1, -0.05) is 22.0 Å². The molecular formula is C19H26BrN3O4S. The van der Waals surface area contributed by atoms with Crippen LogP contribution >= 0.6 is 15.9 Å². The van der Waals surface area contributed by atoms with Gasteiger partial charge >= 0.3 is 6.09 Å². The first kappa shape index (κ1) is 21.3. The lowest BCUT2D eigenvalue weighted by Crippen LogP contribution is -2.51. The van der Waals surface area contributed by atoms with Crippen LogP contribution in [0.5, 0.6) is 0 Å². The Morgan fingerprint density at radius 2 is 2.21 bits per heavy atom. The third-order valence-corrected chi connectivity index (χ3v) is 5.93. The van der Waals surface area contributed by atoms with E-state index in [0.717, 1.165) is 26.6 Å². The number of alkyl carbamates (subject to hydrolysis) is 1. The number of hydroxylamine groups is 2. The van der Waals surface area contributed by atoms with E-state index in [1.54, 1.807) is 27.0 Å². The van der Waals surface area contributed by atoms with Gasteiger partial charge in [0, 0.05) is 50.4 Å². The number of carbonyl (C=O) groups is 1. The number of aromatic amines is 1. The highest BCUT2D eigenvalue weighted by Gasteiger charge is 2.37. The van der Waals surface area contributed by atoms with E-state index in [-0.39, 0.29) is 5.75 Å². The minimum absolute atomic E-state index is 0.194. The number of nitrogens with one attached hydrogen (secondary N) is 2. The van der Waals surface area contributed by atoms with Gasteiger partial charge in [0.15, 0.2) is 0 Å². The molecule has 0 bridgehead atoms. The Morgan fingerprint density at radius 1 is 1.50 bits per heavy atom. The van der Waals surface area contributed by atoms with Crippen LogP contribution in [-0.4, -0.2) is 55.8 Å². The number of amides is 1. The Balaban J connectivity index is 1.98. The number of H-pyrrole nitrogens is 1. The molecule has 2 aromatic rings. The predicted molar refractivity (Wildman–Crippen MR) is 113 cm³/mol. The first-order valence-electron chi connectivity index (χ1n) is 9.10. The third-order valence-electron chi connectivity index (χ3n) is 4.61. The van der Waals surface area contributed by atoms with Gasteiger partial charge in [-0.25, -0.2) is 4.79 Å². The van der Waals surface area contributed by atoms with Gasteiger partial charge in [-0.3, -0.25) is 4.21 Å². The van der Waals surface area contributed by atoms with Gasteiger partial charge in [-0.15, -0.1) is 0 Å². The molecule has 1 aliphatic rings. The molecule has 1 aromatic carbocycles. The van der Waals surface area contributed by atoms with Crippen LogP contribution in [0.25, 0.3) is 10.9 Å². The zero-order chi connectivity index (χ0) is 20.6. The molecule has 0 aliphatic carbocycles. The Morgan fingerprint density at radius 3 is 2.86 bits per heavy atom. The summed E-state index contributed by atoms with van der Waals surface area (Å²) in [6, 6.07) is 4.87. The maximum atomic E-state index is 12.4. The number of halogens is 1. The first-order valence-corrected chi connectivity index (χ1v) is 11.6. The molecule has 0 saturated carbocycles. The van der Waals surface area contributed by atoms with E-state index in [1.807, 2.05) is 18.2 Å². The molecule has 0 saturated heterocycles. The second-order valence-corrected chi connectivity index (χ2v) is 10.5. The summed E-state index contributed by atoms with van der Waals surface area (Å²) in [4.78, 5) is 15.8. The van der Waals surface area contributed by atoms with Crippen molar-refractivity contribution in [2.24, 2.45) is 0 Å². The number of nitrogens with zero attached hydrogens (tertiary/aromatic N) is 1. The van der Waals surface area contributed by atoms with Crippen LogP contribution in [0.3, 0.4) is 0 Å². The molecule has 3 N–H and O–H groups in total. The Kier molecular flexibility index (Phi) is 6.19. The van der Waals surface area contributed by atoms with Crippen LogP contribution in [0.2, 0.25) is 0 Å². The fourth-order valence-corrected chi connectivity index (χ4v) is 4.75. The van der Waals surface area contributed by atoms with Crippen molar-refractivity contribution in [2.75, 3.05) is 18.6 Å². The standard InChI is InChI=1S/C19H26BrN3O4S/c1-19(2,3)27-18(24)22-15(10-28(4)26)17-16-13(7-8-23(17)25)12-6-5-11(20)9-14(12)21-16/h5-6,9,15,17,21,25H,7-8,10H2,1-4H3,(H,22,24)/t15-,17+,28?/m1/s1. The van der Waals surface area contributed by atoms with E-state index in [4.69, 9.17) is 4.74 Å². The van der Waals surface area contributed by atoms with Crippen LogP contribution in [0.4, 0.5) is 4.79 Å². The monoisotopic (exact) mass is 471 g/mol. The fourth-order valence-electron chi connectivity index (χ4n) is 3.62. The Hall–Kier alpha value is -1.42. The van der Waals surface area contributed by atoms with Crippen LogP contribution < -0.4 is 5.32 Å². The van der Waals surface area contributed by atoms with Gasteiger partial charge < -0.3 is 20.2 Å². The number of carbonyl (C=O) groups excluding carboxylic acids is 1. The Bertz CT molecular complexity index is 908. The third kappa shape index (κ3) is 4.76. The highest BCUT2D eigenvalue weighted by molar-refractivity contribution is 9.10. The molecule has 1 aromatic heterocycles. The number of aromatic nitrogens is 1. The molecule has 2 heterocycles. The summed E-state index contributed by atoms with van der Waals surface area (Å²) < 4.78 is 18.3. The molecule has 9 heteroatoms. The maximum Gasteiger partial charge on any atom is 0.407 e. The molecule has 154 valence electrons. The smallest absolute Gasteiger partial charge is 0.407 e. The van der Waals surface area contributed by atoms with Crippen molar-refractivity contribution in [1.82, 2.24) is 15.4 Å². The largest absolute Gasteiger partial charge is 0.444 e. The molecule has 0 radical (unpaired) electrons. The normalized spacial score (nSPS) is 19.9. The van der Waals surface area contributed by atoms with Crippen molar-refractivity contribution < 1.29 is 18.9 Å². The van der Waals surface area contributed by atoms with Crippen molar-refractivity contribution in [3.05, 3.63) is 33.9 Å². The van der Waals surface area contributed by atoms with E-state index in [1.165, 1.54) is 5.06 Å². The van der Waals surface area contributed by atoms with Gasteiger partial charge in [-0.05, 0) is 44.9 Å². The van der Waals surface area contributed by atoms with Crippen molar-refractivity contribution in [2.45, 2.75) is 44.9 Å². The predicted octanol–water partition coefficient (Wildman–Crippen LogP) is 3.49. The van der Waals surface area contributed by atoms with Gasteiger partial charge in [-0.2, -0.15) is 5.06 Å². The average molecular weight is 472 g/mol. The van der Waals surface area contributed by atoms with Crippen LogP contribution in [-0.2, 0) is 22.0 Å². The van der Waals surface area contributed by atoms with Gasteiger partial charge in [0.05, 0.1) is 12.1 Å². The lowest BCUT2D eigenvalue weighted by atomic mass is 9.95. The minimum Gasteiger partial charge on any atom is -0.444 e. The van der Waals surface area contributed by atoms with Crippen molar-refractivity contribution in [3.8, 4) is 0 Å². The highest BCUT2D eigenvalue weighted by atomic mass is 79.9. The number of fused-ring (bicyclic) bond motifs is 3. The van der Waals surface area contributed by atoms with E-state index in [9.17, 15) is 14.2 Å². The van der Waals surface area contributed by atoms with E-state index in [0.29, 0.717) is 13.0 Å². The van der Waals surface area contributed by atoms with E-state index < -0.39 is 34.6 Å². The molecule has 28 heavy (non-hydrogen) atoms. The number of ether oxygens (including phenoxy) is 1. The topological polar surface area (TPSA) is 94.7 Å². The minimum atomic E-state index is -1.18. The highest BCUT2D eigenvalue weighted by Crippen LogP contribution is 2.36. The lowest BCUT2D eigenvalue weighted by Gasteiger charge is -2.36. The SMILES string of the molecule is CS(=O)C[C@@H](NC(=O)OC(C)(C)C)[C@H]1c2[nH]c3cc(Br)ccc3c2CCN1O. The molecule has 1 aliphatic heterocycles. The second-order valence-electron chi connectivity index (χ2n) is 8.06. The van der Waals surface area contributed by atoms with Gasteiger partial charge in [0.2, 0.25) is 0 Å². The second kappa shape index (κ2) is 8.14. The number of hydrogen-bond donors (Lipinski definition) is 3. The molecule has 1 amide bonds. The zero-order valence-electron chi connectivity index (χ0n) is 16.4. The summed E-state index contributed by atoms with van der Waals surface area (Å²) in [7, 11) is -1.18. The fraction of sp³-hybridized carbons (Fsp3) is 0.526. The molecular weight excluding hydrogens is 446 g/mol. The van der Waals surface area contributed by atoms with Crippen LogP contribution in [0, 0.1) is 0 Å². The first-order chi connectivity index (χ1) is 13.0. The van der Waals surface area contributed by atoms with E-state index in [2.05, 4.69) is 26.2 Å². The number of benzene rings is 1. The molecule has 1 unspecified atom stereocenters. The van der Waals surface area contributed by atoms with Crippen molar-refractivity contribution in [1.29, 1.82) is 0 Å². The summed E-state index contributed by atoms with van der Waals surface area (Å²) in [6.45, 7) is 5.77. The molecule has 3 rings (SSSR count). The van der Waals surface area contributed by atoms with Gasteiger partial charge in [0.1, 0.15) is 5.60 Å². The maximum absolute atomic E-state index is 12.4. The zero-order valence-corrected chi connectivity index (χ0v) is 18.8. The quantitative estimate of drug-likeness (QED) is 0.634.